The number of benzene rings is 1. The maximum absolute atomic E-state index is 12.5. The molecule has 26 heavy (non-hydrogen) atoms. The fourth-order valence-electron chi connectivity index (χ4n) is 2.81. The van der Waals surface area contributed by atoms with Crippen molar-refractivity contribution in [2.24, 2.45) is 5.92 Å². The van der Waals surface area contributed by atoms with E-state index in [2.05, 4.69) is 10.3 Å². The molecule has 2 heterocycles. The van der Waals surface area contributed by atoms with Crippen LogP contribution in [0.25, 0.3) is 0 Å². The van der Waals surface area contributed by atoms with Crippen molar-refractivity contribution in [3.8, 4) is 0 Å². The maximum Gasteiger partial charge on any atom is 0.261 e. The van der Waals surface area contributed by atoms with Gasteiger partial charge in [-0.15, -0.1) is 0 Å². The molecule has 1 aliphatic rings. The molecule has 0 radical (unpaired) electrons. The van der Waals surface area contributed by atoms with Gasteiger partial charge in [0.1, 0.15) is 0 Å². The molecule has 0 saturated carbocycles. The van der Waals surface area contributed by atoms with Crippen molar-refractivity contribution in [3.63, 3.8) is 0 Å². The van der Waals surface area contributed by atoms with E-state index >= 15 is 0 Å². The quantitative estimate of drug-likeness (QED) is 0.812. The number of nitrogens with zero attached hydrogens (tertiary/aromatic N) is 2. The lowest BCUT2D eigenvalue weighted by molar-refractivity contribution is 0.0647. The number of hydrogen-bond donors (Lipinski definition) is 1. The van der Waals surface area contributed by atoms with Gasteiger partial charge >= 0.3 is 0 Å². The Labute approximate surface area is 152 Å². The summed E-state index contributed by atoms with van der Waals surface area (Å²) in [6, 6.07) is 8.31. The molecular weight excluding hydrogens is 330 g/mol. The van der Waals surface area contributed by atoms with Crippen LogP contribution in [0.15, 0.2) is 42.7 Å². The second-order valence-corrected chi connectivity index (χ2v) is 6.75. The summed E-state index contributed by atoms with van der Waals surface area (Å²) in [6.45, 7) is 4.83. The first kappa shape index (κ1) is 17.8. The predicted octanol–water partition coefficient (Wildman–Crippen LogP) is 2.65. The SMILES string of the molecule is CC(C)CCN1C(=O)c2ccc(C(=O)NCc3cccnc3)cc2C1=O. The Bertz CT molecular complexity index is 847. The number of imide groups is 1. The summed E-state index contributed by atoms with van der Waals surface area (Å²) in [7, 11) is 0. The highest BCUT2D eigenvalue weighted by molar-refractivity contribution is 6.22. The van der Waals surface area contributed by atoms with E-state index in [-0.39, 0.29) is 17.7 Å². The Kier molecular flexibility index (Phi) is 5.11. The first-order valence-electron chi connectivity index (χ1n) is 8.64. The smallest absolute Gasteiger partial charge is 0.261 e. The minimum absolute atomic E-state index is 0.284. The number of rotatable bonds is 6. The van der Waals surface area contributed by atoms with E-state index in [9.17, 15) is 14.4 Å². The van der Waals surface area contributed by atoms with E-state index in [4.69, 9.17) is 0 Å². The maximum atomic E-state index is 12.5. The molecule has 3 rings (SSSR count). The van der Waals surface area contributed by atoms with Crippen molar-refractivity contribution in [2.45, 2.75) is 26.8 Å². The molecule has 3 amide bonds. The summed E-state index contributed by atoms with van der Waals surface area (Å²) in [5.41, 5.74) is 1.91. The van der Waals surface area contributed by atoms with Crippen LogP contribution in [0.1, 0.15) is 56.9 Å². The Morgan fingerprint density at radius 2 is 1.92 bits per heavy atom. The van der Waals surface area contributed by atoms with Crippen molar-refractivity contribution in [2.75, 3.05) is 6.54 Å². The zero-order chi connectivity index (χ0) is 18.7. The fraction of sp³-hybridized carbons (Fsp3) is 0.300. The van der Waals surface area contributed by atoms with Gasteiger partial charge in [0.15, 0.2) is 0 Å². The normalized spacial score (nSPS) is 13.3. The van der Waals surface area contributed by atoms with Crippen LogP contribution in [-0.4, -0.2) is 34.2 Å². The van der Waals surface area contributed by atoms with Crippen LogP contribution in [0.3, 0.4) is 0 Å². The molecule has 6 nitrogen and oxygen atoms in total. The lowest BCUT2D eigenvalue weighted by Crippen LogP contribution is -2.31. The van der Waals surface area contributed by atoms with Gasteiger partial charge in [-0.25, -0.2) is 0 Å². The molecule has 0 atom stereocenters. The molecule has 0 saturated heterocycles. The van der Waals surface area contributed by atoms with Crippen LogP contribution in [0.2, 0.25) is 0 Å². The van der Waals surface area contributed by atoms with Crippen LogP contribution in [0, 0.1) is 5.92 Å². The van der Waals surface area contributed by atoms with Gasteiger partial charge in [-0.3, -0.25) is 24.3 Å². The van der Waals surface area contributed by atoms with Crippen LogP contribution >= 0.6 is 0 Å². The monoisotopic (exact) mass is 351 g/mol. The van der Waals surface area contributed by atoms with Crippen molar-refractivity contribution in [3.05, 3.63) is 65.0 Å². The third-order valence-corrected chi connectivity index (χ3v) is 4.34. The lowest BCUT2D eigenvalue weighted by atomic mass is 10.1. The number of fused-ring (bicyclic) bond motifs is 1. The second-order valence-electron chi connectivity index (χ2n) is 6.75. The minimum atomic E-state index is -0.326. The molecule has 1 aliphatic heterocycles. The number of nitrogens with one attached hydrogen (secondary N) is 1. The Morgan fingerprint density at radius 3 is 2.62 bits per heavy atom. The highest BCUT2D eigenvalue weighted by atomic mass is 16.2. The highest BCUT2D eigenvalue weighted by Crippen LogP contribution is 2.24. The first-order valence-corrected chi connectivity index (χ1v) is 8.64. The molecular formula is C20H21N3O3. The van der Waals surface area contributed by atoms with Crippen molar-refractivity contribution < 1.29 is 14.4 Å². The van der Waals surface area contributed by atoms with E-state index in [0.29, 0.717) is 35.7 Å². The topological polar surface area (TPSA) is 79.4 Å². The van der Waals surface area contributed by atoms with Crippen LogP contribution in [0.4, 0.5) is 0 Å². The Hall–Kier alpha value is -3.02. The van der Waals surface area contributed by atoms with Gasteiger partial charge in [0.25, 0.3) is 17.7 Å². The standard InChI is InChI=1S/C20H21N3O3/c1-13(2)7-9-23-19(25)16-6-5-15(10-17(16)20(23)26)18(24)22-12-14-4-3-8-21-11-14/h3-6,8,10-11,13H,7,9,12H2,1-2H3,(H,22,24). The summed E-state index contributed by atoms with van der Waals surface area (Å²) < 4.78 is 0. The van der Waals surface area contributed by atoms with Gasteiger partial charge in [0.05, 0.1) is 11.1 Å². The summed E-state index contributed by atoms with van der Waals surface area (Å²) in [4.78, 5) is 42.6. The zero-order valence-corrected chi connectivity index (χ0v) is 14.9. The van der Waals surface area contributed by atoms with Crippen LogP contribution < -0.4 is 5.32 Å². The molecule has 0 bridgehead atoms. The number of carbonyl (C=O) groups is 3. The highest BCUT2D eigenvalue weighted by Gasteiger charge is 2.35. The number of hydrogen-bond acceptors (Lipinski definition) is 4. The van der Waals surface area contributed by atoms with Gasteiger partial charge in [-0.1, -0.05) is 19.9 Å². The number of carbonyl (C=O) groups excluding carboxylic acids is 3. The van der Waals surface area contributed by atoms with Crippen LogP contribution in [0.5, 0.6) is 0 Å². The van der Waals surface area contributed by atoms with Crippen LogP contribution in [-0.2, 0) is 6.54 Å². The van der Waals surface area contributed by atoms with Gasteiger partial charge in [0.2, 0.25) is 0 Å². The molecule has 1 N–H and O–H groups in total. The molecule has 0 fully saturated rings. The van der Waals surface area contributed by atoms with Gasteiger partial charge in [-0.2, -0.15) is 0 Å². The lowest BCUT2D eigenvalue weighted by Gasteiger charge is -2.14. The molecule has 2 aromatic rings. The molecule has 0 aliphatic carbocycles. The minimum Gasteiger partial charge on any atom is -0.348 e. The first-order chi connectivity index (χ1) is 12.5. The zero-order valence-electron chi connectivity index (χ0n) is 14.9. The number of aromatic nitrogens is 1. The van der Waals surface area contributed by atoms with Gasteiger partial charge in [-0.05, 0) is 42.2 Å². The molecule has 6 heteroatoms. The largest absolute Gasteiger partial charge is 0.348 e. The van der Waals surface area contributed by atoms with Crippen molar-refractivity contribution in [1.29, 1.82) is 0 Å². The van der Waals surface area contributed by atoms with E-state index in [1.54, 1.807) is 30.6 Å². The molecule has 0 unspecified atom stereocenters. The van der Waals surface area contributed by atoms with Crippen molar-refractivity contribution in [1.82, 2.24) is 15.2 Å². The molecule has 1 aromatic carbocycles. The third-order valence-electron chi connectivity index (χ3n) is 4.34. The number of amides is 3. The van der Waals surface area contributed by atoms with Gasteiger partial charge in [0, 0.05) is 31.0 Å². The second kappa shape index (κ2) is 7.47. The third kappa shape index (κ3) is 3.64. The average molecular weight is 351 g/mol. The summed E-state index contributed by atoms with van der Waals surface area (Å²) in [5, 5.41) is 2.80. The van der Waals surface area contributed by atoms with Crippen molar-refractivity contribution >= 4 is 17.7 Å². The number of pyridine rings is 1. The molecule has 134 valence electrons. The fourth-order valence-corrected chi connectivity index (χ4v) is 2.81. The van der Waals surface area contributed by atoms with E-state index < -0.39 is 0 Å². The van der Waals surface area contributed by atoms with E-state index in [1.165, 1.54) is 11.0 Å². The molecule has 1 aromatic heterocycles. The Morgan fingerprint density at radius 1 is 1.15 bits per heavy atom. The predicted molar refractivity (Wildman–Crippen MR) is 96.7 cm³/mol. The summed E-state index contributed by atoms with van der Waals surface area (Å²) >= 11 is 0. The van der Waals surface area contributed by atoms with E-state index in [0.717, 1.165) is 12.0 Å². The molecule has 0 spiro atoms. The summed E-state index contributed by atoms with van der Waals surface area (Å²) in [6.07, 6.45) is 4.10. The van der Waals surface area contributed by atoms with E-state index in [1.807, 2.05) is 19.9 Å². The average Bonchev–Trinajstić information content (AvgIpc) is 2.89. The van der Waals surface area contributed by atoms with Gasteiger partial charge < -0.3 is 5.32 Å². The summed E-state index contributed by atoms with van der Waals surface area (Å²) in [5.74, 6) is -0.508. The Balaban J connectivity index is 1.72.